The highest BCUT2D eigenvalue weighted by Crippen LogP contribution is 2.38. The summed E-state index contributed by atoms with van der Waals surface area (Å²) in [7, 11) is 0. The van der Waals surface area contributed by atoms with Crippen LogP contribution in [0.15, 0.2) is 0 Å². The van der Waals surface area contributed by atoms with Crippen molar-refractivity contribution in [3.8, 4) is 0 Å². The zero-order valence-corrected chi connectivity index (χ0v) is 8.20. The van der Waals surface area contributed by atoms with Crippen LogP contribution in [0.4, 0.5) is 0 Å². The second kappa shape index (κ2) is 2.94. The number of aromatic nitrogens is 2. The summed E-state index contributed by atoms with van der Waals surface area (Å²) in [5.41, 5.74) is 3.28. The molecular weight excluding hydrogens is 176 g/mol. The third-order valence-electron chi connectivity index (χ3n) is 3.24. The first-order valence-corrected chi connectivity index (χ1v) is 5.45. The third kappa shape index (κ3) is 1.11. The molecule has 0 spiro atoms. The third-order valence-corrected chi connectivity index (χ3v) is 3.24. The van der Waals surface area contributed by atoms with E-state index in [1.54, 1.807) is 0 Å². The van der Waals surface area contributed by atoms with Gasteiger partial charge in [0, 0.05) is 11.3 Å². The van der Waals surface area contributed by atoms with Gasteiger partial charge >= 0.3 is 0 Å². The summed E-state index contributed by atoms with van der Waals surface area (Å²) < 4.78 is 2.12. The van der Waals surface area contributed by atoms with Crippen LogP contribution in [0.5, 0.6) is 0 Å². The quantitative estimate of drug-likeness (QED) is 0.668. The highest BCUT2D eigenvalue weighted by molar-refractivity contribution is 5.75. The molecule has 3 nitrogen and oxygen atoms in total. The fourth-order valence-electron chi connectivity index (χ4n) is 2.37. The Hall–Kier alpha value is -1.12. The molecule has 2 aliphatic rings. The smallest absolute Gasteiger partial charge is 0.170 e. The van der Waals surface area contributed by atoms with E-state index in [2.05, 4.69) is 9.78 Å². The predicted molar refractivity (Wildman–Crippen MR) is 52.5 cm³/mol. The second-order valence-electron chi connectivity index (χ2n) is 4.31. The summed E-state index contributed by atoms with van der Waals surface area (Å²) in [6.07, 6.45) is 8.04. The summed E-state index contributed by atoms with van der Waals surface area (Å²) in [5, 5.41) is 4.42. The van der Waals surface area contributed by atoms with Crippen LogP contribution >= 0.6 is 0 Å². The molecule has 0 aliphatic heterocycles. The van der Waals surface area contributed by atoms with Gasteiger partial charge in [0.25, 0.3) is 0 Å². The Kier molecular flexibility index (Phi) is 1.72. The number of carbonyl (C=O) groups is 1. The van der Waals surface area contributed by atoms with Crippen LogP contribution in [0.3, 0.4) is 0 Å². The highest BCUT2D eigenvalue weighted by Gasteiger charge is 2.30. The van der Waals surface area contributed by atoms with Crippen molar-refractivity contribution < 1.29 is 4.79 Å². The number of rotatable bonds is 2. The molecule has 1 heterocycles. The molecule has 1 aromatic rings. The van der Waals surface area contributed by atoms with Crippen molar-refractivity contribution in [2.24, 2.45) is 0 Å². The van der Waals surface area contributed by atoms with E-state index in [4.69, 9.17) is 0 Å². The number of aldehydes is 1. The molecule has 1 saturated carbocycles. The van der Waals surface area contributed by atoms with Crippen LogP contribution in [0.1, 0.15) is 53.5 Å². The summed E-state index contributed by atoms with van der Waals surface area (Å²) in [4.78, 5) is 10.9. The standard InChI is InChI=1S/C11H14N2O/c14-7-10-9-3-1-2-4-11(9)13(12-10)8-5-6-8/h7-8H,1-6H2. The zero-order valence-electron chi connectivity index (χ0n) is 8.20. The molecule has 0 amide bonds. The van der Waals surface area contributed by atoms with Gasteiger partial charge in [-0.3, -0.25) is 9.48 Å². The first kappa shape index (κ1) is 8.21. The first-order chi connectivity index (χ1) is 6.90. The maximum Gasteiger partial charge on any atom is 0.170 e. The minimum atomic E-state index is 0.607. The fraction of sp³-hybridized carbons (Fsp3) is 0.636. The first-order valence-electron chi connectivity index (χ1n) is 5.45. The van der Waals surface area contributed by atoms with E-state index >= 15 is 0 Å². The van der Waals surface area contributed by atoms with E-state index in [1.165, 1.54) is 36.9 Å². The Morgan fingerprint density at radius 2 is 2.07 bits per heavy atom. The van der Waals surface area contributed by atoms with Crippen molar-refractivity contribution in [2.75, 3.05) is 0 Å². The van der Waals surface area contributed by atoms with Crippen molar-refractivity contribution in [1.82, 2.24) is 9.78 Å². The van der Waals surface area contributed by atoms with Crippen molar-refractivity contribution in [1.29, 1.82) is 0 Å². The predicted octanol–water partition coefficient (Wildman–Crippen LogP) is 1.91. The molecule has 1 fully saturated rings. The van der Waals surface area contributed by atoms with Gasteiger partial charge in [-0.2, -0.15) is 5.10 Å². The van der Waals surface area contributed by atoms with Crippen molar-refractivity contribution in [3.63, 3.8) is 0 Å². The van der Waals surface area contributed by atoms with Crippen LogP contribution in [0, 0.1) is 0 Å². The maximum atomic E-state index is 10.9. The number of hydrogen-bond donors (Lipinski definition) is 0. The van der Waals surface area contributed by atoms with Gasteiger partial charge in [-0.25, -0.2) is 0 Å². The number of fused-ring (bicyclic) bond motifs is 1. The lowest BCUT2D eigenvalue weighted by molar-refractivity contribution is 0.111. The van der Waals surface area contributed by atoms with Gasteiger partial charge in [0.2, 0.25) is 0 Å². The number of hydrogen-bond acceptors (Lipinski definition) is 2. The Labute approximate surface area is 83.1 Å². The van der Waals surface area contributed by atoms with Crippen LogP contribution in [-0.2, 0) is 12.8 Å². The van der Waals surface area contributed by atoms with Crippen molar-refractivity contribution in [3.05, 3.63) is 17.0 Å². The van der Waals surface area contributed by atoms with E-state index in [9.17, 15) is 4.79 Å². The highest BCUT2D eigenvalue weighted by atomic mass is 16.1. The molecule has 3 heteroatoms. The summed E-state index contributed by atoms with van der Waals surface area (Å²) >= 11 is 0. The molecule has 74 valence electrons. The van der Waals surface area contributed by atoms with Crippen LogP contribution in [-0.4, -0.2) is 16.1 Å². The number of nitrogens with zero attached hydrogens (tertiary/aromatic N) is 2. The molecule has 2 aliphatic carbocycles. The van der Waals surface area contributed by atoms with Crippen LogP contribution in [0.2, 0.25) is 0 Å². The Balaban J connectivity index is 2.11. The van der Waals surface area contributed by atoms with E-state index in [-0.39, 0.29) is 0 Å². The molecular formula is C11H14N2O. The second-order valence-corrected chi connectivity index (χ2v) is 4.31. The Morgan fingerprint density at radius 3 is 2.79 bits per heavy atom. The van der Waals surface area contributed by atoms with Gasteiger partial charge in [0.1, 0.15) is 5.69 Å². The Bertz CT molecular complexity index is 377. The molecule has 0 unspecified atom stereocenters. The van der Waals surface area contributed by atoms with E-state index in [0.717, 1.165) is 19.1 Å². The fourth-order valence-corrected chi connectivity index (χ4v) is 2.37. The summed E-state index contributed by atoms with van der Waals surface area (Å²) in [6, 6.07) is 0.607. The van der Waals surface area contributed by atoms with Gasteiger partial charge in [0.05, 0.1) is 6.04 Å². The topological polar surface area (TPSA) is 34.9 Å². The Morgan fingerprint density at radius 1 is 1.29 bits per heavy atom. The van der Waals surface area contributed by atoms with Crippen LogP contribution < -0.4 is 0 Å². The summed E-state index contributed by atoms with van der Waals surface area (Å²) in [6.45, 7) is 0. The SMILES string of the molecule is O=Cc1nn(C2CC2)c2c1CCCC2. The molecule has 0 saturated heterocycles. The maximum absolute atomic E-state index is 10.9. The molecule has 0 aromatic carbocycles. The lowest BCUT2D eigenvalue weighted by atomic mass is 9.96. The molecule has 0 radical (unpaired) electrons. The van der Waals surface area contributed by atoms with Gasteiger partial charge in [0.15, 0.2) is 6.29 Å². The van der Waals surface area contributed by atoms with E-state index < -0.39 is 0 Å². The molecule has 0 atom stereocenters. The monoisotopic (exact) mass is 190 g/mol. The van der Waals surface area contributed by atoms with Gasteiger partial charge < -0.3 is 0 Å². The van der Waals surface area contributed by atoms with Crippen molar-refractivity contribution in [2.45, 2.75) is 44.6 Å². The average Bonchev–Trinajstić information content (AvgIpc) is 3.00. The minimum absolute atomic E-state index is 0.607. The van der Waals surface area contributed by atoms with Gasteiger partial charge in [-0.1, -0.05) is 0 Å². The lowest BCUT2D eigenvalue weighted by Gasteiger charge is -2.13. The summed E-state index contributed by atoms with van der Waals surface area (Å²) in [5.74, 6) is 0. The molecule has 3 rings (SSSR count). The van der Waals surface area contributed by atoms with E-state index in [1.807, 2.05) is 0 Å². The molecule has 0 N–H and O–H groups in total. The normalized spacial score (nSPS) is 20.6. The van der Waals surface area contributed by atoms with Gasteiger partial charge in [-0.15, -0.1) is 0 Å². The largest absolute Gasteiger partial charge is 0.296 e. The number of carbonyl (C=O) groups excluding carboxylic acids is 1. The van der Waals surface area contributed by atoms with E-state index in [0.29, 0.717) is 11.7 Å². The van der Waals surface area contributed by atoms with Crippen molar-refractivity contribution >= 4 is 6.29 Å². The molecule has 14 heavy (non-hydrogen) atoms. The zero-order chi connectivity index (χ0) is 9.54. The molecule has 0 bridgehead atoms. The lowest BCUT2D eigenvalue weighted by Crippen LogP contribution is -2.07. The minimum Gasteiger partial charge on any atom is -0.296 e. The average molecular weight is 190 g/mol. The van der Waals surface area contributed by atoms with Gasteiger partial charge in [-0.05, 0) is 38.5 Å². The van der Waals surface area contributed by atoms with Crippen LogP contribution in [0.25, 0.3) is 0 Å². The molecule has 1 aromatic heterocycles.